The molecule has 0 aliphatic carbocycles. The number of nitrogens with one attached hydrogen (secondary N) is 1. The van der Waals surface area contributed by atoms with E-state index in [4.69, 9.17) is 14.2 Å². The molecule has 0 saturated carbocycles. The summed E-state index contributed by atoms with van der Waals surface area (Å²) in [6.07, 6.45) is 76.9. The molecule has 88 heavy (non-hydrogen) atoms. The van der Waals surface area contributed by atoms with E-state index in [0.717, 1.165) is 109 Å². The first-order chi connectivity index (χ1) is 43.2. The Hall–Kier alpha value is -3.68. The van der Waals surface area contributed by atoms with Crippen LogP contribution in [0.4, 0.5) is 0 Å². The van der Waals surface area contributed by atoms with Crippen LogP contribution in [-0.2, 0) is 23.8 Å². The summed E-state index contributed by atoms with van der Waals surface area (Å²) < 4.78 is 17.7. The van der Waals surface area contributed by atoms with E-state index in [1.807, 2.05) is 6.08 Å². The zero-order valence-corrected chi connectivity index (χ0v) is 56.3. The summed E-state index contributed by atoms with van der Waals surface area (Å²) in [5.41, 5.74) is 0. The lowest BCUT2D eigenvalue weighted by atomic mass is 9.99. The number of unbranched alkanes of at least 4 members (excludes halogenated alkanes) is 31. The highest BCUT2D eigenvalue weighted by molar-refractivity contribution is 5.80. The second kappa shape index (κ2) is 63.5. The van der Waals surface area contributed by atoms with Gasteiger partial charge in [-0.05, 0) is 116 Å². The van der Waals surface area contributed by atoms with Gasteiger partial charge in [0, 0.05) is 6.42 Å². The Kier molecular flexibility index (Phi) is 59.4. The van der Waals surface area contributed by atoms with Crippen LogP contribution in [0, 0.1) is 0 Å². The van der Waals surface area contributed by atoms with Gasteiger partial charge in [0.15, 0.2) is 12.4 Å². The van der Waals surface area contributed by atoms with Crippen molar-refractivity contribution in [1.82, 2.24) is 5.32 Å². The van der Waals surface area contributed by atoms with Crippen molar-refractivity contribution in [3.05, 3.63) is 109 Å². The Morgan fingerprint density at radius 1 is 0.443 bits per heavy atom. The molecule has 506 valence electrons. The first-order valence-electron chi connectivity index (χ1n) is 36.2. The maximum absolute atomic E-state index is 13.5. The molecule has 0 bridgehead atoms. The molecule has 1 fully saturated rings. The predicted octanol–water partition coefficient (Wildman–Crippen LogP) is 18.8. The quantitative estimate of drug-likeness (QED) is 0.0195. The van der Waals surface area contributed by atoms with Gasteiger partial charge in [-0.1, -0.05) is 291 Å². The number of allylic oxidation sites excluding steroid dienone is 17. The number of carbonyl (C=O) groups excluding carboxylic acids is 2. The van der Waals surface area contributed by atoms with E-state index in [2.05, 4.69) is 123 Å². The number of amides is 1. The topological polar surface area (TPSA) is 175 Å². The molecule has 0 aromatic carbocycles. The summed E-state index contributed by atoms with van der Waals surface area (Å²) in [5.74, 6) is -1.22. The molecule has 8 unspecified atom stereocenters. The van der Waals surface area contributed by atoms with E-state index in [1.54, 1.807) is 6.08 Å². The van der Waals surface area contributed by atoms with Crippen LogP contribution in [0.2, 0.25) is 0 Å². The normalized spacial score (nSPS) is 18.8. The van der Waals surface area contributed by atoms with Gasteiger partial charge in [-0.15, -0.1) is 0 Å². The van der Waals surface area contributed by atoms with Crippen molar-refractivity contribution in [2.75, 3.05) is 13.2 Å². The van der Waals surface area contributed by atoms with Gasteiger partial charge in [0.05, 0.1) is 25.4 Å². The molecule has 0 aromatic heterocycles. The largest absolute Gasteiger partial charge is 0.454 e. The Morgan fingerprint density at radius 2 is 0.784 bits per heavy atom. The number of aliphatic hydroxyl groups is 5. The number of hydrogen-bond acceptors (Lipinski definition) is 10. The minimum Gasteiger partial charge on any atom is -0.454 e. The van der Waals surface area contributed by atoms with Crippen molar-refractivity contribution >= 4 is 11.9 Å². The fraction of sp³-hybridized carbons (Fsp3) is 0.740. The van der Waals surface area contributed by atoms with E-state index >= 15 is 0 Å². The molecule has 1 rings (SSSR count). The van der Waals surface area contributed by atoms with Gasteiger partial charge < -0.3 is 45.1 Å². The first-order valence-corrected chi connectivity index (χ1v) is 36.2. The van der Waals surface area contributed by atoms with Gasteiger partial charge in [0.25, 0.3) is 0 Å². The molecule has 1 saturated heterocycles. The molecule has 11 heteroatoms. The van der Waals surface area contributed by atoms with Crippen LogP contribution >= 0.6 is 0 Å². The molecule has 6 N–H and O–H groups in total. The lowest BCUT2D eigenvalue weighted by molar-refractivity contribution is -0.305. The number of carbonyl (C=O) groups is 2. The van der Waals surface area contributed by atoms with Crippen LogP contribution in [0.1, 0.15) is 303 Å². The lowest BCUT2D eigenvalue weighted by Crippen LogP contribution is -2.61. The van der Waals surface area contributed by atoms with Crippen molar-refractivity contribution in [3.63, 3.8) is 0 Å². The summed E-state index contributed by atoms with van der Waals surface area (Å²) in [6, 6.07) is -1.04. The minimum absolute atomic E-state index is 0.112. The van der Waals surface area contributed by atoms with Crippen molar-refractivity contribution in [3.8, 4) is 0 Å². The summed E-state index contributed by atoms with van der Waals surface area (Å²) in [5, 5.41) is 57.2. The average Bonchev–Trinajstić information content (AvgIpc) is 1.29. The molecular weight excluding hydrogens is 1100 g/mol. The Morgan fingerprint density at radius 3 is 1.19 bits per heavy atom. The van der Waals surface area contributed by atoms with Gasteiger partial charge in [0.1, 0.15) is 24.4 Å². The number of rotatable bonds is 61. The molecule has 8 atom stereocenters. The van der Waals surface area contributed by atoms with Crippen molar-refractivity contribution < 1.29 is 49.3 Å². The summed E-state index contributed by atoms with van der Waals surface area (Å²) in [4.78, 5) is 26.7. The van der Waals surface area contributed by atoms with Gasteiger partial charge >= 0.3 is 5.97 Å². The fourth-order valence-corrected chi connectivity index (χ4v) is 10.7. The van der Waals surface area contributed by atoms with E-state index in [1.165, 1.54) is 148 Å². The fourth-order valence-electron chi connectivity index (χ4n) is 10.7. The third-order valence-electron chi connectivity index (χ3n) is 16.4. The molecule has 1 aliphatic rings. The van der Waals surface area contributed by atoms with Gasteiger partial charge in [-0.2, -0.15) is 0 Å². The van der Waals surface area contributed by atoms with Crippen molar-refractivity contribution in [1.29, 1.82) is 0 Å². The van der Waals surface area contributed by atoms with Gasteiger partial charge in [-0.3, -0.25) is 9.59 Å². The molecule has 11 nitrogen and oxygen atoms in total. The van der Waals surface area contributed by atoms with Gasteiger partial charge in [-0.25, -0.2) is 0 Å². The highest BCUT2D eigenvalue weighted by atomic mass is 16.7. The van der Waals surface area contributed by atoms with Crippen LogP contribution in [-0.4, -0.2) is 99.6 Å². The van der Waals surface area contributed by atoms with E-state index in [9.17, 15) is 35.1 Å². The highest BCUT2D eigenvalue weighted by Gasteiger charge is 2.47. The van der Waals surface area contributed by atoms with Crippen LogP contribution in [0.15, 0.2) is 109 Å². The van der Waals surface area contributed by atoms with E-state index in [0.29, 0.717) is 12.8 Å². The van der Waals surface area contributed by atoms with Crippen molar-refractivity contribution in [2.45, 2.75) is 352 Å². The SMILES string of the molecule is CCCCC/C=C\C/C=C\C/C=C\C/C=C\CCCCCCCCCCCCCC(=O)OC1C(OCC(NC(=O)C(O)CCCCCC/C=C\C/C=C\C/C=C\C/C=C\CCCCC)C(O)/C=C/CCCCCCCCCCCC)OC(CO)C(O)C1O. The average molecular weight is 1230 g/mol. The predicted molar refractivity (Wildman–Crippen MR) is 370 cm³/mol. The number of hydrogen-bond donors (Lipinski definition) is 6. The summed E-state index contributed by atoms with van der Waals surface area (Å²) in [6.45, 7) is 5.74. The minimum atomic E-state index is -1.63. The van der Waals surface area contributed by atoms with Crippen LogP contribution in [0.25, 0.3) is 0 Å². The maximum Gasteiger partial charge on any atom is 0.306 e. The van der Waals surface area contributed by atoms with Crippen LogP contribution in [0.3, 0.4) is 0 Å². The molecule has 0 aromatic rings. The second-order valence-corrected chi connectivity index (χ2v) is 24.6. The Labute approximate surface area is 538 Å². The second-order valence-electron chi connectivity index (χ2n) is 24.6. The standard InChI is InChI=1S/C77H133NO10/c1-4-7-10-13-16-19-22-25-27-29-31-33-34-35-36-37-38-39-41-43-45-47-50-53-56-59-62-65-72(82)88-75-74(84)73(83)71(66-79)87-77(75)86-67-68(69(80)63-60-57-54-51-48-24-21-18-15-12-9-6-3)78-76(85)70(81)64-61-58-55-52-49-46-44-42-40-32-30-28-26-23-20-17-14-11-8-5-2/h16-17,19-20,25-28,31-33,35-36,40,44,46,60,63,68-71,73-75,77,79-81,83-84H,4-15,18,21-24,29-30,34,37-39,41-43,45,47-59,61-62,64-67H2,1-3H3,(H,78,85)/b19-16-,20-17-,27-25-,28-26-,33-31-,36-35-,40-32-,46-44-,63-60+. The Balaban J connectivity index is 2.58. The smallest absolute Gasteiger partial charge is 0.306 e. The molecule has 1 aliphatic heterocycles. The molecule has 1 amide bonds. The van der Waals surface area contributed by atoms with Crippen LogP contribution in [0.5, 0.6) is 0 Å². The number of ether oxygens (including phenoxy) is 3. The van der Waals surface area contributed by atoms with Crippen LogP contribution < -0.4 is 5.32 Å². The number of esters is 1. The third-order valence-corrected chi connectivity index (χ3v) is 16.4. The van der Waals surface area contributed by atoms with Crippen molar-refractivity contribution in [2.24, 2.45) is 0 Å². The molecular formula is C77H133NO10. The first kappa shape index (κ1) is 82.3. The maximum atomic E-state index is 13.5. The van der Waals surface area contributed by atoms with E-state index in [-0.39, 0.29) is 19.4 Å². The summed E-state index contributed by atoms with van der Waals surface area (Å²) >= 11 is 0. The Bertz CT molecular complexity index is 1850. The lowest BCUT2D eigenvalue weighted by Gasteiger charge is -2.41. The molecule has 1 heterocycles. The monoisotopic (exact) mass is 1230 g/mol. The zero-order chi connectivity index (χ0) is 63.9. The zero-order valence-electron chi connectivity index (χ0n) is 56.3. The van der Waals surface area contributed by atoms with Gasteiger partial charge in [0.2, 0.25) is 5.91 Å². The van der Waals surface area contributed by atoms with E-state index < -0.39 is 67.4 Å². The summed E-state index contributed by atoms with van der Waals surface area (Å²) in [7, 11) is 0. The highest BCUT2D eigenvalue weighted by Crippen LogP contribution is 2.26. The third kappa shape index (κ3) is 50.0. The molecule has 0 radical (unpaired) electrons. The molecule has 0 spiro atoms. The number of aliphatic hydroxyl groups excluding tert-OH is 5.